The molecule has 1 aliphatic heterocycles. The van der Waals surface area contributed by atoms with Crippen LogP contribution in [0.25, 0.3) is 0 Å². The third-order valence-corrected chi connectivity index (χ3v) is 2.86. The van der Waals surface area contributed by atoms with Gasteiger partial charge in [-0.1, -0.05) is 30.3 Å². The highest BCUT2D eigenvalue weighted by atomic mass is 16.2. The molecule has 1 heterocycles. The number of carbonyl (C=O) groups is 2. The van der Waals surface area contributed by atoms with Gasteiger partial charge in [-0.25, -0.2) is 0 Å². The van der Waals surface area contributed by atoms with E-state index in [1.807, 2.05) is 30.3 Å². The average Bonchev–Trinajstić information content (AvgIpc) is 2.48. The van der Waals surface area contributed by atoms with Crippen LogP contribution in [0.5, 0.6) is 0 Å². The Morgan fingerprint density at radius 3 is 2.19 bits per heavy atom. The zero-order chi connectivity index (χ0) is 11.7. The van der Waals surface area contributed by atoms with Gasteiger partial charge in [-0.15, -0.1) is 0 Å². The first-order valence-corrected chi connectivity index (χ1v) is 5.17. The molecule has 0 saturated carbocycles. The maximum absolute atomic E-state index is 11.8. The minimum Gasteiger partial charge on any atom is -0.278 e. The van der Waals surface area contributed by atoms with Crippen LogP contribution in [0.3, 0.4) is 0 Å². The fraction of sp³-hybridized carbons (Fsp3) is 0.231. The zero-order valence-electron chi connectivity index (χ0n) is 9.36. The molecule has 0 saturated heterocycles. The summed E-state index contributed by atoms with van der Waals surface area (Å²) in [5.41, 5.74) is 2.23. The molecule has 1 aromatic rings. The van der Waals surface area contributed by atoms with Crippen molar-refractivity contribution in [2.75, 3.05) is 7.05 Å². The predicted octanol–water partition coefficient (Wildman–Crippen LogP) is 1.54. The molecular formula is C13H13NO2. The largest absolute Gasteiger partial charge is 0.278 e. The van der Waals surface area contributed by atoms with Crippen molar-refractivity contribution in [3.05, 3.63) is 47.0 Å². The van der Waals surface area contributed by atoms with Gasteiger partial charge in [0.2, 0.25) is 0 Å². The molecule has 0 fully saturated rings. The first-order chi connectivity index (χ1) is 7.61. The lowest BCUT2D eigenvalue weighted by molar-refractivity contribution is -0.135. The summed E-state index contributed by atoms with van der Waals surface area (Å²) in [5, 5.41) is 0. The van der Waals surface area contributed by atoms with Crippen LogP contribution in [0.2, 0.25) is 0 Å². The normalized spacial score (nSPS) is 16.2. The lowest BCUT2D eigenvalue weighted by Gasteiger charge is -2.06. The van der Waals surface area contributed by atoms with Gasteiger partial charge in [0.15, 0.2) is 0 Å². The maximum Gasteiger partial charge on any atom is 0.257 e. The molecular weight excluding hydrogens is 202 g/mol. The van der Waals surface area contributed by atoms with E-state index < -0.39 is 0 Å². The Kier molecular flexibility index (Phi) is 2.60. The second-order valence-electron chi connectivity index (χ2n) is 3.94. The number of imide groups is 1. The standard InChI is InChI=1S/C13H13NO2/c1-9-11(13(16)14(2)12(9)15)8-10-6-4-3-5-7-10/h3-7H,8H2,1-2H3. The molecule has 82 valence electrons. The summed E-state index contributed by atoms with van der Waals surface area (Å²) in [5.74, 6) is -0.359. The van der Waals surface area contributed by atoms with E-state index in [9.17, 15) is 9.59 Å². The molecule has 16 heavy (non-hydrogen) atoms. The van der Waals surface area contributed by atoms with Gasteiger partial charge in [-0.3, -0.25) is 14.5 Å². The quantitative estimate of drug-likeness (QED) is 0.702. The molecule has 3 nitrogen and oxygen atoms in total. The summed E-state index contributed by atoms with van der Waals surface area (Å²) >= 11 is 0. The molecule has 0 aromatic heterocycles. The number of hydrogen-bond donors (Lipinski definition) is 0. The van der Waals surface area contributed by atoms with E-state index in [0.29, 0.717) is 17.6 Å². The van der Waals surface area contributed by atoms with Crippen molar-refractivity contribution in [1.29, 1.82) is 0 Å². The van der Waals surface area contributed by atoms with E-state index in [-0.39, 0.29) is 11.8 Å². The van der Waals surface area contributed by atoms with E-state index in [1.54, 1.807) is 6.92 Å². The number of carbonyl (C=O) groups excluding carboxylic acids is 2. The third-order valence-electron chi connectivity index (χ3n) is 2.86. The van der Waals surface area contributed by atoms with Crippen molar-refractivity contribution >= 4 is 11.8 Å². The molecule has 0 bridgehead atoms. The van der Waals surface area contributed by atoms with Gasteiger partial charge in [0.1, 0.15) is 0 Å². The Morgan fingerprint density at radius 2 is 1.69 bits per heavy atom. The molecule has 0 radical (unpaired) electrons. The van der Waals surface area contributed by atoms with Crippen LogP contribution in [-0.2, 0) is 16.0 Å². The number of amides is 2. The van der Waals surface area contributed by atoms with Gasteiger partial charge in [0.05, 0.1) is 0 Å². The van der Waals surface area contributed by atoms with Gasteiger partial charge >= 0.3 is 0 Å². The first kappa shape index (κ1) is 10.6. The van der Waals surface area contributed by atoms with Gasteiger partial charge in [-0.05, 0) is 12.5 Å². The number of benzene rings is 1. The van der Waals surface area contributed by atoms with Crippen LogP contribution >= 0.6 is 0 Å². The van der Waals surface area contributed by atoms with Crippen LogP contribution in [0, 0.1) is 0 Å². The predicted molar refractivity (Wildman–Crippen MR) is 60.6 cm³/mol. The minimum atomic E-state index is -0.184. The smallest absolute Gasteiger partial charge is 0.257 e. The van der Waals surface area contributed by atoms with E-state index in [2.05, 4.69) is 0 Å². The van der Waals surface area contributed by atoms with Crippen molar-refractivity contribution in [3.63, 3.8) is 0 Å². The topological polar surface area (TPSA) is 37.4 Å². The van der Waals surface area contributed by atoms with Crippen LogP contribution < -0.4 is 0 Å². The van der Waals surface area contributed by atoms with Crippen molar-refractivity contribution in [2.24, 2.45) is 0 Å². The van der Waals surface area contributed by atoms with E-state index in [0.717, 1.165) is 5.56 Å². The molecule has 2 rings (SSSR count). The lowest BCUT2D eigenvalue weighted by atomic mass is 10.0. The summed E-state index contributed by atoms with van der Waals surface area (Å²) in [7, 11) is 1.52. The third kappa shape index (κ3) is 1.65. The summed E-state index contributed by atoms with van der Waals surface area (Å²) in [6, 6.07) is 9.69. The Bertz CT molecular complexity index is 474. The fourth-order valence-corrected chi connectivity index (χ4v) is 1.84. The number of likely N-dealkylation sites (N-methyl/N-ethyl adjacent to an activating group) is 1. The molecule has 1 aromatic carbocycles. The molecule has 2 amide bonds. The van der Waals surface area contributed by atoms with Crippen molar-refractivity contribution in [3.8, 4) is 0 Å². The molecule has 0 N–H and O–H groups in total. The van der Waals surface area contributed by atoms with E-state index >= 15 is 0 Å². The summed E-state index contributed by atoms with van der Waals surface area (Å²) < 4.78 is 0. The maximum atomic E-state index is 11.8. The molecule has 1 aliphatic rings. The van der Waals surface area contributed by atoms with Gasteiger partial charge < -0.3 is 0 Å². The van der Waals surface area contributed by atoms with E-state index in [1.165, 1.54) is 11.9 Å². The van der Waals surface area contributed by atoms with Gasteiger partial charge in [0.25, 0.3) is 11.8 Å². The molecule has 3 heteroatoms. The zero-order valence-corrected chi connectivity index (χ0v) is 9.36. The SMILES string of the molecule is CC1=C(Cc2ccccc2)C(=O)N(C)C1=O. The molecule has 0 atom stereocenters. The Morgan fingerprint density at radius 1 is 1.06 bits per heavy atom. The Balaban J connectivity index is 2.29. The van der Waals surface area contributed by atoms with Gasteiger partial charge in [0, 0.05) is 24.6 Å². The van der Waals surface area contributed by atoms with Crippen LogP contribution in [0.1, 0.15) is 12.5 Å². The number of rotatable bonds is 2. The fourth-order valence-electron chi connectivity index (χ4n) is 1.84. The second kappa shape index (κ2) is 3.93. The van der Waals surface area contributed by atoms with E-state index in [4.69, 9.17) is 0 Å². The molecule has 0 spiro atoms. The average molecular weight is 215 g/mol. The summed E-state index contributed by atoms with van der Waals surface area (Å²) in [6.45, 7) is 1.71. The van der Waals surface area contributed by atoms with Crippen LogP contribution in [0.15, 0.2) is 41.5 Å². The highest BCUT2D eigenvalue weighted by Crippen LogP contribution is 2.22. The van der Waals surface area contributed by atoms with Gasteiger partial charge in [-0.2, -0.15) is 0 Å². The number of nitrogens with zero attached hydrogens (tertiary/aromatic N) is 1. The molecule has 0 unspecified atom stereocenters. The van der Waals surface area contributed by atoms with Crippen LogP contribution in [0.4, 0.5) is 0 Å². The highest BCUT2D eigenvalue weighted by molar-refractivity contribution is 6.18. The molecule has 0 aliphatic carbocycles. The Hall–Kier alpha value is -1.90. The minimum absolute atomic E-state index is 0.175. The number of hydrogen-bond acceptors (Lipinski definition) is 2. The summed E-state index contributed by atoms with van der Waals surface area (Å²) in [4.78, 5) is 24.5. The summed E-state index contributed by atoms with van der Waals surface area (Å²) in [6.07, 6.45) is 0.529. The van der Waals surface area contributed by atoms with Crippen molar-refractivity contribution < 1.29 is 9.59 Å². The van der Waals surface area contributed by atoms with Crippen LogP contribution in [-0.4, -0.2) is 23.8 Å². The Labute approximate surface area is 94.4 Å². The van der Waals surface area contributed by atoms with Crippen molar-refractivity contribution in [1.82, 2.24) is 4.90 Å². The van der Waals surface area contributed by atoms with Crippen molar-refractivity contribution in [2.45, 2.75) is 13.3 Å². The second-order valence-corrected chi connectivity index (χ2v) is 3.94. The first-order valence-electron chi connectivity index (χ1n) is 5.17. The monoisotopic (exact) mass is 215 g/mol. The highest BCUT2D eigenvalue weighted by Gasteiger charge is 2.32. The lowest BCUT2D eigenvalue weighted by Crippen LogP contribution is -2.27.